The van der Waals surface area contributed by atoms with Gasteiger partial charge in [-0.3, -0.25) is 4.79 Å². The van der Waals surface area contributed by atoms with Gasteiger partial charge in [-0.2, -0.15) is 4.57 Å². The number of halogens is 1. The van der Waals surface area contributed by atoms with Gasteiger partial charge in [0.15, 0.2) is 34.9 Å². The molecule has 5 rings (SSSR count). The van der Waals surface area contributed by atoms with E-state index in [1.54, 1.807) is 52.7 Å². The first kappa shape index (κ1) is 29.0. The van der Waals surface area contributed by atoms with Crippen LogP contribution < -0.4 is 23.5 Å². The molecule has 0 amide bonds. The van der Waals surface area contributed by atoms with E-state index in [1.165, 1.54) is 0 Å². The molecule has 0 saturated carbocycles. The van der Waals surface area contributed by atoms with Crippen molar-refractivity contribution in [2.24, 2.45) is 0 Å². The average Bonchev–Trinajstić information content (AvgIpc) is 3.34. The fraction of sp³-hybridized carbons (Fsp3) is 0.235. The van der Waals surface area contributed by atoms with Crippen LogP contribution in [0.15, 0.2) is 72.9 Å². The van der Waals surface area contributed by atoms with Crippen LogP contribution in [0.4, 0.5) is 0 Å². The molecule has 0 spiro atoms. The SMILES string of the molecule is COc1cc(Cc2c3cc(OC)c(OC)cc3cc[n+]2CC(=O)c2ccc(Cl)cc2)c(-n2c(C)ccc2C)cc1OC. The molecule has 42 heavy (non-hydrogen) atoms. The van der Waals surface area contributed by atoms with E-state index >= 15 is 0 Å². The van der Waals surface area contributed by atoms with Crippen LogP contribution in [0.5, 0.6) is 23.0 Å². The summed E-state index contributed by atoms with van der Waals surface area (Å²) in [6.07, 6.45) is 2.44. The molecule has 8 heteroatoms. The van der Waals surface area contributed by atoms with Crippen LogP contribution in [0, 0.1) is 13.8 Å². The summed E-state index contributed by atoms with van der Waals surface area (Å²) in [4.78, 5) is 13.5. The number of methoxy groups -OCH3 is 4. The number of hydrogen-bond acceptors (Lipinski definition) is 5. The van der Waals surface area contributed by atoms with Gasteiger partial charge in [0.05, 0.1) is 45.9 Å². The summed E-state index contributed by atoms with van der Waals surface area (Å²) in [6, 6.07) is 21.1. The summed E-state index contributed by atoms with van der Waals surface area (Å²) in [7, 11) is 6.51. The van der Waals surface area contributed by atoms with Gasteiger partial charge in [0.2, 0.25) is 12.3 Å². The Morgan fingerprint density at radius 1 is 0.762 bits per heavy atom. The predicted molar refractivity (Wildman–Crippen MR) is 164 cm³/mol. The number of fused-ring (bicyclic) bond motifs is 1. The smallest absolute Gasteiger partial charge is 0.227 e. The molecule has 0 radical (unpaired) electrons. The number of pyridine rings is 1. The number of carbonyl (C=O) groups is 1. The molecule has 216 valence electrons. The number of carbonyl (C=O) groups excluding carboxylic acids is 1. The Morgan fingerprint density at radius 3 is 1.95 bits per heavy atom. The number of rotatable bonds is 10. The van der Waals surface area contributed by atoms with Crippen LogP contribution in [-0.4, -0.2) is 38.8 Å². The quantitative estimate of drug-likeness (QED) is 0.135. The van der Waals surface area contributed by atoms with Crippen LogP contribution in [0.3, 0.4) is 0 Å². The highest BCUT2D eigenvalue weighted by Crippen LogP contribution is 2.37. The van der Waals surface area contributed by atoms with Gasteiger partial charge in [-0.25, -0.2) is 0 Å². The zero-order valence-corrected chi connectivity index (χ0v) is 25.4. The normalized spacial score (nSPS) is 11.0. The van der Waals surface area contributed by atoms with E-state index < -0.39 is 0 Å². The minimum absolute atomic E-state index is 0.0256. The van der Waals surface area contributed by atoms with Gasteiger partial charge in [0.25, 0.3) is 0 Å². The lowest BCUT2D eigenvalue weighted by Crippen LogP contribution is -2.42. The molecule has 0 saturated heterocycles. The Hall–Kier alpha value is -4.49. The third-order valence-electron chi connectivity index (χ3n) is 7.58. The van der Waals surface area contributed by atoms with Crippen LogP contribution in [0.2, 0.25) is 5.02 Å². The number of ketones is 1. The molecule has 7 nitrogen and oxygen atoms in total. The second-order valence-electron chi connectivity index (χ2n) is 10.1. The summed E-state index contributed by atoms with van der Waals surface area (Å²) < 4.78 is 26.9. The summed E-state index contributed by atoms with van der Waals surface area (Å²) in [6.45, 7) is 4.30. The van der Waals surface area contributed by atoms with Gasteiger partial charge in [-0.1, -0.05) is 11.6 Å². The van der Waals surface area contributed by atoms with E-state index in [2.05, 4.69) is 30.5 Å². The van der Waals surface area contributed by atoms with Crippen molar-refractivity contribution in [2.45, 2.75) is 26.8 Å². The Bertz CT molecular complexity index is 1760. The van der Waals surface area contributed by atoms with Gasteiger partial charge in [0, 0.05) is 34.1 Å². The number of nitrogens with zero attached hydrogens (tertiary/aromatic N) is 2. The first-order valence-electron chi connectivity index (χ1n) is 13.5. The van der Waals surface area contributed by atoms with Crippen molar-refractivity contribution >= 4 is 28.2 Å². The van der Waals surface area contributed by atoms with Crippen LogP contribution in [0.1, 0.15) is 33.0 Å². The molecule has 3 aromatic carbocycles. The van der Waals surface area contributed by atoms with Gasteiger partial charge >= 0.3 is 0 Å². The zero-order valence-electron chi connectivity index (χ0n) is 24.7. The molecular formula is C34H34ClN2O5+. The van der Waals surface area contributed by atoms with Crippen molar-refractivity contribution in [3.05, 3.63) is 106 Å². The molecule has 0 aliphatic heterocycles. The van der Waals surface area contributed by atoms with Gasteiger partial charge in [0.1, 0.15) is 0 Å². The molecule has 0 unspecified atom stereocenters. The number of aryl methyl sites for hydroxylation is 2. The highest BCUT2D eigenvalue weighted by molar-refractivity contribution is 6.30. The fourth-order valence-electron chi connectivity index (χ4n) is 5.41. The fourth-order valence-corrected chi connectivity index (χ4v) is 5.54. The van der Waals surface area contributed by atoms with Crippen LogP contribution in [0.25, 0.3) is 16.5 Å². The lowest BCUT2D eigenvalue weighted by molar-refractivity contribution is -0.688. The summed E-state index contributed by atoms with van der Waals surface area (Å²) in [5.74, 6) is 2.48. The molecule has 0 atom stereocenters. The van der Waals surface area contributed by atoms with E-state index in [-0.39, 0.29) is 12.3 Å². The average molecular weight is 586 g/mol. The topological polar surface area (TPSA) is 62.8 Å². The maximum absolute atomic E-state index is 13.5. The molecule has 0 bridgehead atoms. The maximum atomic E-state index is 13.5. The maximum Gasteiger partial charge on any atom is 0.227 e. The third kappa shape index (κ3) is 5.52. The summed E-state index contributed by atoms with van der Waals surface area (Å²) >= 11 is 6.08. The van der Waals surface area contributed by atoms with E-state index in [0.717, 1.165) is 39.1 Å². The largest absolute Gasteiger partial charge is 0.493 e. The van der Waals surface area contributed by atoms with E-state index in [9.17, 15) is 4.79 Å². The van der Waals surface area contributed by atoms with Gasteiger partial charge in [-0.15, -0.1) is 0 Å². The third-order valence-corrected chi connectivity index (χ3v) is 7.83. The lowest BCUT2D eigenvalue weighted by Gasteiger charge is -2.19. The lowest BCUT2D eigenvalue weighted by atomic mass is 9.99. The number of hydrogen-bond donors (Lipinski definition) is 0. The first-order chi connectivity index (χ1) is 20.3. The second-order valence-corrected chi connectivity index (χ2v) is 10.5. The zero-order chi connectivity index (χ0) is 30.0. The molecule has 0 N–H and O–H groups in total. The number of Topliss-reactive ketones (excluding diaryl/α,β-unsaturated/α-hetero) is 1. The van der Waals surface area contributed by atoms with Gasteiger partial charge in [-0.05, 0) is 79.4 Å². The van der Waals surface area contributed by atoms with Crippen molar-refractivity contribution in [1.29, 1.82) is 0 Å². The van der Waals surface area contributed by atoms with Crippen LogP contribution in [-0.2, 0) is 13.0 Å². The Balaban J connectivity index is 1.73. The molecule has 0 aliphatic carbocycles. The number of ether oxygens (including phenoxy) is 4. The van der Waals surface area contributed by atoms with Crippen molar-refractivity contribution in [2.75, 3.05) is 28.4 Å². The highest BCUT2D eigenvalue weighted by atomic mass is 35.5. The predicted octanol–water partition coefficient (Wildman–Crippen LogP) is 6.70. The summed E-state index contributed by atoms with van der Waals surface area (Å²) in [5, 5.41) is 2.50. The van der Waals surface area contributed by atoms with Crippen molar-refractivity contribution in [3.8, 4) is 28.7 Å². The first-order valence-corrected chi connectivity index (χ1v) is 13.9. The molecule has 0 fully saturated rings. The van der Waals surface area contributed by atoms with Crippen molar-refractivity contribution < 1.29 is 28.3 Å². The molecule has 5 aromatic rings. The van der Waals surface area contributed by atoms with Gasteiger partial charge < -0.3 is 23.5 Å². The minimum Gasteiger partial charge on any atom is -0.493 e. The van der Waals surface area contributed by atoms with Crippen LogP contribution >= 0.6 is 11.6 Å². The van der Waals surface area contributed by atoms with E-state index in [4.69, 9.17) is 30.5 Å². The molecule has 2 heterocycles. The highest BCUT2D eigenvalue weighted by Gasteiger charge is 2.25. The monoisotopic (exact) mass is 585 g/mol. The van der Waals surface area contributed by atoms with Crippen molar-refractivity contribution in [3.63, 3.8) is 0 Å². The second kappa shape index (κ2) is 12.2. The van der Waals surface area contributed by atoms with Crippen molar-refractivity contribution in [1.82, 2.24) is 4.57 Å². The van der Waals surface area contributed by atoms with E-state index in [1.807, 2.05) is 41.1 Å². The minimum atomic E-state index is -0.0256. The summed E-state index contributed by atoms with van der Waals surface area (Å²) in [5.41, 5.74) is 5.69. The molecule has 2 aromatic heterocycles. The standard InChI is InChI=1S/C34H34ClN2O5/c1-21-7-8-22(2)37(21)28-19-34(42-6)32(40-4)17-25(28)15-29-27-18-33(41-5)31(39-3)16-24(27)13-14-36(29)20-30(38)23-9-11-26(35)12-10-23/h7-14,16-19H,15,20H2,1-6H3/q+1. The Kier molecular flexibility index (Phi) is 8.41. The Morgan fingerprint density at radius 2 is 1.33 bits per heavy atom. The number of aromatic nitrogens is 2. The number of benzene rings is 3. The Labute approximate surface area is 250 Å². The molecular weight excluding hydrogens is 552 g/mol. The van der Waals surface area contributed by atoms with E-state index in [0.29, 0.717) is 40.0 Å². The molecule has 0 aliphatic rings.